The van der Waals surface area contributed by atoms with E-state index >= 15 is 0 Å². The van der Waals surface area contributed by atoms with Crippen LogP contribution in [0.3, 0.4) is 0 Å². The smallest absolute Gasteiger partial charge is 0.162 e. The first kappa shape index (κ1) is 14.6. The van der Waals surface area contributed by atoms with Gasteiger partial charge in [-0.1, -0.05) is 49.7 Å². The zero-order valence-corrected chi connectivity index (χ0v) is 13.5. The van der Waals surface area contributed by atoms with Gasteiger partial charge in [0.1, 0.15) is 0 Å². The van der Waals surface area contributed by atoms with E-state index < -0.39 is 0 Å². The summed E-state index contributed by atoms with van der Waals surface area (Å²) in [5.74, 6) is 0.603. The van der Waals surface area contributed by atoms with Gasteiger partial charge in [-0.15, -0.1) is 0 Å². The lowest BCUT2D eigenvalue weighted by molar-refractivity contribution is 0.102. The lowest BCUT2D eigenvalue weighted by Gasteiger charge is -2.07. The quantitative estimate of drug-likeness (QED) is 0.638. The van der Waals surface area contributed by atoms with Gasteiger partial charge in [-0.3, -0.25) is 4.79 Å². The third-order valence-electron chi connectivity index (χ3n) is 4.17. The third-order valence-corrected chi connectivity index (χ3v) is 4.17. The Bertz CT molecular complexity index is 838. The standard InChI is InChI=1S/C20H21NO/c1-12(2)15-6-8-16(9-7-15)20-19(14(4)22)17-11-13(3)5-10-18(17)21-20/h5-12,21H,1-4H3. The van der Waals surface area contributed by atoms with Gasteiger partial charge in [0.05, 0.1) is 11.3 Å². The van der Waals surface area contributed by atoms with Crippen molar-refractivity contribution in [1.82, 2.24) is 4.98 Å². The van der Waals surface area contributed by atoms with E-state index in [1.807, 2.05) is 13.0 Å². The number of ketones is 1. The molecule has 0 bridgehead atoms. The van der Waals surface area contributed by atoms with Crippen LogP contribution in [0, 0.1) is 6.92 Å². The highest BCUT2D eigenvalue weighted by Gasteiger charge is 2.16. The Morgan fingerprint density at radius 1 is 1.05 bits per heavy atom. The van der Waals surface area contributed by atoms with Crippen molar-refractivity contribution in [3.63, 3.8) is 0 Å². The summed E-state index contributed by atoms with van der Waals surface area (Å²) in [6.45, 7) is 8.05. The average Bonchev–Trinajstić information content (AvgIpc) is 2.85. The Morgan fingerprint density at radius 2 is 1.73 bits per heavy atom. The van der Waals surface area contributed by atoms with Crippen LogP contribution < -0.4 is 0 Å². The number of hydrogen-bond donors (Lipinski definition) is 1. The zero-order chi connectivity index (χ0) is 15.9. The SMILES string of the molecule is CC(=O)c1c(-c2ccc(C(C)C)cc2)[nH]c2ccc(C)cc12. The van der Waals surface area contributed by atoms with E-state index in [1.54, 1.807) is 6.92 Å². The second-order valence-corrected chi connectivity index (χ2v) is 6.26. The largest absolute Gasteiger partial charge is 0.354 e. The summed E-state index contributed by atoms with van der Waals surface area (Å²) in [5, 5.41) is 1.01. The minimum Gasteiger partial charge on any atom is -0.354 e. The highest BCUT2D eigenvalue weighted by molar-refractivity contribution is 6.12. The first-order valence-corrected chi connectivity index (χ1v) is 7.71. The van der Waals surface area contributed by atoms with Crippen molar-refractivity contribution in [2.45, 2.75) is 33.6 Å². The topological polar surface area (TPSA) is 32.9 Å². The Hall–Kier alpha value is -2.35. The molecule has 1 heterocycles. The third kappa shape index (κ3) is 2.45. The molecule has 112 valence electrons. The number of Topliss-reactive ketones (excluding diaryl/α,β-unsaturated/α-hetero) is 1. The summed E-state index contributed by atoms with van der Waals surface area (Å²) in [5.41, 5.74) is 6.25. The van der Waals surface area contributed by atoms with Crippen LogP contribution >= 0.6 is 0 Å². The number of carbonyl (C=O) groups excluding carboxylic acids is 1. The van der Waals surface area contributed by atoms with Gasteiger partial charge in [0, 0.05) is 10.9 Å². The highest BCUT2D eigenvalue weighted by Crippen LogP contribution is 2.32. The van der Waals surface area contributed by atoms with Crippen molar-refractivity contribution < 1.29 is 4.79 Å². The number of aromatic amines is 1. The van der Waals surface area contributed by atoms with Gasteiger partial charge in [0.2, 0.25) is 0 Å². The molecule has 2 aromatic carbocycles. The van der Waals surface area contributed by atoms with Crippen molar-refractivity contribution in [3.8, 4) is 11.3 Å². The van der Waals surface area contributed by atoms with Crippen LogP contribution in [0.1, 0.15) is 48.2 Å². The van der Waals surface area contributed by atoms with E-state index in [4.69, 9.17) is 0 Å². The molecule has 1 N–H and O–H groups in total. The molecule has 1 aromatic heterocycles. The molecule has 0 spiro atoms. The lowest BCUT2D eigenvalue weighted by Crippen LogP contribution is -1.94. The molecule has 0 aliphatic heterocycles. The Kier molecular flexibility index (Phi) is 3.61. The second-order valence-electron chi connectivity index (χ2n) is 6.26. The molecule has 0 saturated carbocycles. The molecule has 22 heavy (non-hydrogen) atoms. The van der Waals surface area contributed by atoms with Crippen LogP contribution in [0.5, 0.6) is 0 Å². The number of carbonyl (C=O) groups is 1. The number of H-pyrrole nitrogens is 1. The summed E-state index contributed by atoms with van der Waals surface area (Å²) in [4.78, 5) is 15.6. The van der Waals surface area contributed by atoms with Gasteiger partial charge >= 0.3 is 0 Å². The Balaban J connectivity index is 2.21. The number of aryl methyl sites for hydroxylation is 1. The Labute approximate surface area is 131 Å². The van der Waals surface area contributed by atoms with Gasteiger partial charge in [-0.2, -0.15) is 0 Å². The number of fused-ring (bicyclic) bond motifs is 1. The lowest BCUT2D eigenvalue weighted by atomic mass is 9.98. The fraction of sp³-hybridized carbons (Fsp3) is 0.250. The van der Waals surface area contributed by atoms with Gasteiger partial charge < -0.3 is 4.98 Å². The van der Waals surface area contributed by atoms with Crippen molar-refractivity contribution in [2.75, 3.05) is 0 Å². The van der Waals surface area contributed by atoms with E-state index in [0.29, 0.717) is 5.92 Å². The fourth-order valence-corrected chi connectivity index (χ4v) is 2.92. The maximum Gasteiger partial charge on any atom is 0.162 e. The summed E-state index contributed by atoms with van der Waals surface area (Å²) in [6.07, 6.45) is 0. The molecule has 0 unspecified atom stereocenters. The summed E-state index contributed by atoms with van der Waals surface area (Å²) < 4.78 is 0. The van der Waals surface area contributed by atoms with Crippen molar-refractivity contribution in [1.29, 1.82) is 0 Å². The van der Waals surface area contributed by atoms with Gasteiger partial charge in [-0.05, 0) is 43.0 Å². The number of nitrogens with one attached hydrogen (secondary N) is 1. The zero-order valence-electron chi connectivity index (χ0n) is 13.5. The van der Waals surface area contributed by atoms with E-state index in [2.05, 4.69) is 55.2 Å². The molecule has 0 fully saturated rings. The van der Waals surface area contributed by atoms with E-state index in [0.717, 1.165) is 33.3 Å². The van der Waals surface area contributed by atoms with E-state index in [-0.39, 0.29) is 5.78 Å². The van der Waals surface area contributed by atoms with Crippen LogP contribution in [0.25, 0.3) is 22.2 Å². The van der Waals surface area contributed by atoms with Crippen molar-refractivity contribution in [3.05, 3.63) is 59.2 Å². The number of benzene rings is 2. The minimum atomic E-state index is 0.0970. The molecule has 2 heteroatoms. The molecule has 0 aliphatic carbocycles. The number of rotatable bonds is 3. The molecule has 2 nitrogen and oxygen atoms in total. The molecule has 0 amide bonds. The van der Waals surface area contributed by atoms with Crippen LogP contribution in [0.15, 0.2) is 42.5 Å². The molecule has 0 saturated heterocycles. The normalized spacial score (nSPS) is 11.3. The monoisotopic (exact) mass is 291 g/mol. The molecular weight excluding hydrogens is 270 g/mol. The predicted octanol–water partition coefficient (Wildman–Crippen LogP) is 5.47. The molecule has 3 rings (SSSR count). The van der Waals surface area contributed by atoms with Crippen LogP contribution in [-0.4, -0.2) is 10.8 Å². The summed E-state index contributed by atoms with van der Waals surface area (Å²) in [6, 6.07) is 14.7. The minimum absolute atomic E-state index is 0.0970. The fourth-order valence-electron chi connectivity index (χ4n) is 2.92. The van der Waals surface area contributed by atoms with Gasteiger partial charge in [0.25, 0.3) is 0 Å². The van der Waals surface area contributed by atoms with Crippen LogP contribution in [0.2, 0.25) is 0 Å². The summed E-state index contributed by atoms with van der Waals surface area (Å²) in [7, 11) is 0. The average molecular weight is 291 g/mol. The van der Waals surface area contributed by atoms with Gasteiger partial charge in [-0.25, -0.2) is 0 Å². The molecule has 0 radical (unpaired) electrons. The van der Waals surface area contributed by atoms with E-state index in [1.165, 1.54) is 5.56 Å². The predicted molar refractivity (Wildman–Crippen MR) is 92.6 cm³/mol. The van der Waals surface area contributed by atoms with Crippen molar-refractivity contribution >= 4 is 16.7 Å². The Morgan fingerprint density at radius 3 is 2.32 bits per heavy atom. The van der Waals surface area contributed by atoms with Crippen LogP contribution in [-0.2, 0) is 0 Å². The van der Waals surface area contributed by atoms with Crippen molar-refractivity contribution in [2.24, 2.45) is 0 Å². The van der Waals surface area contributed by atoms with Crippen LogP contribution in [0.4, 0.5) is 0 Å². The second kappa shape index (κ2) is 5.45. The first-order valence-electron chi connectivity index (χ1n) is 7.71. The summed E-state index contributed by atoms with van der Waals surface area (Å²) >= 11 is 0. The maximum absolute atomic E-state index is 12.2. The first-order chi connectivity index (χ1) is 10.5. The maximum atomic E-state index is 12.2. The highest BCUT2D eigenvalue weighted by atomic mass is 16.1. The molecule has 0 atom stereocenters. The van der Waals surface area contributed by atoms with Gasteiger partial charge in [0.15, 0.2) is 5.78 Å². The molecule has 0 aliphatic rings. The molecule has 3 aromatic rings. The number of hydrogen-bond acceptors (Lipinski definition) is 1. The van der Waals surface area contributed by atoms with E-state index in [9.17, 15) is 4.79 Å². The number of aromatic nitrogens is 1. The molecular formula is C20H21NO.